The standard InChI is InChI=1S/C16H17N3O2/c1-12(20)19(2)11-13-4-3-5-14(8-13)18-10-16-7-6-15(9-17)21-16/h3-8,18H,10-11H2,1-2H3. The highest BCUT2D eigenvalue weighted by Gasteiger charge is 2.05. The molecule has 0 fully saturated rings. The molecule has 0 spiro atoms. The van der Waals surface area contributed by atoms with Gasteiger partial charge in [-0.3, -0.25) is 4.79 Å². The molecule has 1 N–H and O–H groups in total. The van der Waals surface area contributed by atoms with Crippen LogP contribution in [-0.2, 0) is 17.9 Å². The average molecular weight is 283 g/mol. The van der Waals surface area contributed by atoms with Crippen LogP contribution in [0.1, 0.15) is 24.0 Å². The van der Waals surface area contributed by atoms with E-state index in [0.29, 0.717) is 24.6 Å². The molecule has 1 amide bonds. The predicted molar refractivity (Wildman–Crippen MR) is 79.3 cm³/mol. The molecule has 0 radical (unpaired) electrons. The molecule has 0 saturated heterocycles. The molecule has 5 heteroatoms. The summed E-state index contributed by atoms with van der Waals surface area (Å²) in [5.41, 5.74) is 1.99. The number of benzene rings is 1. The van der Waals surface area contributed by atoms with Crippen LogP contribution in [0.25, 0.3) is 0 Å². The van der Waals surface area contributed by atoms with E-state index in [1.54, 1.807) is 31.0 Å². The van der Waals surface area contributed by atoms with Gasteiger partial charge >= 0.3 is 0 Å². The van der Waals surface area contributed by atoms with E-state index in [2.05, 4.69) is 5.32 Å². The second-order valence-electron chi connectivity index (χ2n) is 4.81. The van der Waals surface area contributed by atoms with Gasteiger partial charge in [-0.2, -0.15) is 5.26 Å². The largest absolute Gasteiger partial charge is 0.449 e. The number of nitriles is 1. The highest BCUT2D eigenvalue weighted by atomic mass is 16.3. The maximum Gasteiger partial charge on any atom is 0.219 e. The van der Waals surface area contributed by atoms with Crippen LogP contribution in [0.5, 0.6) is 0 Å². The van der Waals surface area contributed by atoms with Crippen molar-refractivity contribution < 1.29 is 9.21 Å². The minimum absolute atomic E-state index is 0.0352. The van der Waals surface area contributed by atoms with Crippen molar-refractivity contribution in [1.29, 1.82) is 5.26 Å². The lowest BCUT2D eigenvalue weighted by atomic mass is 10.2. The predicted octanol–water partition coefficient (Wildman–Crippen LogP) is 2.74. The number of rotatable bonds is 5. The van der Waals surface area contributed by atoms with E-state index in [0.717, 1.165) is 11.3 Å². The number of nitrogens with one attached hydrogen (secondary N) is 1. The molecule has 2 aromatic rings. The topological polar surface area (TPSA) is 69.3 Å². The SMILES string of the molecule is CC(=O)N(C)Cc1cccc(NCc2ccc(C#N)o2)c1. The van der Waals surface area contributed by atoms with Gasteiger partial charge in [0.2, 0.25) is 11.7 Å². The van der Waals surface area contributed by atoms with Gasteiger partial charge < -0.3 is 14.6 Å². The summed E-state index contributed by atoms with van der Waals surface area (Å²) < 4.78 is 5.30. The molecule has 5 nitrogen and oxygen atoms in total. The van der Waals surface area contributed by atoms with Crippen LogP contribution in [0.3, 0.4) is 0 Å². The normalized spacial score (nSPS) is 9.95. The Bertz CT molecular complexity index is 670. The molecule has 0 aliphatic rings. The smallest absolute Gasteiger partial charge is 0.219 e. The van der Waals surface area contributed by atoms with Gasteiger partial charge in [0.05, 0.1) is 6.54 Å². The summed E-state index contributed by atoms with van der Waals surface area (Å²) in [5, 5.41) is 11.9. The minimum atomic E-state index is 0.0352. The number of hydrogen-bond donors (Lipinski definition) is 1. The first kappa shape index (κ1) is 14.7. The van der Waals surface area contributed by atoms with E-state index >= 15 is 0 Å². The lowest BCUT2D eigenvalue weighted by Gasteiger charge is -2.15. The Morgan fingerprint density at radius 3 is 2.86 bits per heavy atom. The van der Waals surface area contributed by atoms with E-state index < -0.39 is 0 Å². The van der Waals surface area contributed by atoms with Gasteiger partial charge in [0.25, 0.3) is 0 Å². The van der Waals surface area contributed by atoms with Crippen LogP contribution in [0, 0.1) is 11.3 Å². The Morgan fingerprint density at radius 1 is 1.38 bits per heavy atom. The van der Waals surface area contributed by atoms with Crippen molar-refractivity contribution in [3.63, 3.8) is 0 Å². The molecular formula is C16H17N3O2. The first-order valence-corrected chi connectivity index (χ1v) is 6.62. The zero-order valence-corrected chi connectivity index (χ0v) is 12.1. The maximum atomic E-state index is 11.2. The van der Waals surface area contributed by atoms with E-state index in [1.807, 2.05) is 30.3 Å². The number of carbonyl (C=O) groups is 1. The molecule has 0 aliphatic heterocycles. The lowest BCUT2D eigenvalue weighted by molar-refractivity contribution is -0.128. The minimum Gasteiger partial charge on any atom is -0.449 e. The van der Waals surface area contributed by atoms with Gasteiger partial charge in [-0.05, 0) is 29.8 Å². The third-order valence-corrected chi connectivity index (χ3v) is 3.12. The van der Waals surface area contributed by atoms with Gasteiger partial charge in [0.1, 0.15) is 11.8 Å². The Kier molecular flexibility index (Phi) is 4.62. The van der Waals surface area contributed by atoms with Crippen molar-refractivity contribution in [3.8, 4) is 6.07 Å². The van der Waals surface area contributed by atoms with Crippen LogP contribution < -0.4 is 5.32 Å². The third-order valence-electron chi connectivity index (χ3n) is 3.12. The monoisotopic (exact) mass is 283 g/mol. The second kappa shape index (κ2) is 6.62. The van der Waals surface area contributed by atoms with Gasteiger partial charge in [-0.25, -0.2) is 0 Å². The molecule has 0 unspecified atom stereocenters. The van der Waals surface area contributed by atoms with E-state index in [9.17, 15) is 4.79 Å². The van der Waals surface area contributed by atoms with Crippen LogP contribution in [0.2, 0.25) is 0 Å². The number of nitrogens with zero attached hydrogens (tertiary/aromatic N) is 2. The molecule has 1 heterocycles. The molecule has 1 aromatic heterocycles. The van der Waals surface area contributed by atoms with Crippen LogP contribution in [0.15, 0.2) is 40.8 Å². The Labute approximate surface area is 123 Å². The Morgan fingerprint density at radius 2 is 2.19 bits per heavy atom. The highest BCUT2D eigenvalue weighted by Crippen LogP contribution is 2.14. The second-order valence-corrected chi connectivity index (χ2v) is 4.81. The molecule has 21 heavy (non-hydrogen) atoms. The summed E-state index contributed by atoms with van der Waals surface area (Å²) in [7, 11) is 1.77. The molecule has 0 aliphatic carbocycles. The number of hydrogen-bond acceptors (Lipinski definition) is 4. The number of anilines is 1. The molecule has 0 atom stereocenters. The van der Waals surface area contributed by atoms with E-state index in [-0.39, 0.29) is 5.91 Å². The maximum absolute atomic E-state index is 11.2. The summed E-state index contributed by atoms with van der Waals surface area (Å²) in [5.74, 6) is 1.05. The van der Waals surface area contributed by atoms with Crippen LogP contribution >= 0.6 is 0 Å². The van der Waals surface area contributed by atoms with Gasteiger partial charge in [0.15, 0.2) is 0 Å². The Hall–Kier alpha value is -2.74. The van der Waals surface area contributed by atoms with Crippen molar-refractivity contribution >= 4 is 11.6 Å². The zero-order valence-electron chi connectivity index (χ0n) is 12.1. The van der Waals surface area contributed by atoms with Crippen molar-refractivity contribution in [2.24, 2.45) is 0 Å². The van der Waals surface area contributed by atoms with Crippen molar-refractivity contribution in [1.82, 2.24) is 4.90 Å². The summed E-state index contributed by atoms with van der Waals surface area (Å²) in [6.07, 6.45) is 0. The van der Waals surface area contributed by atoms with Gasteiger partial charge in [0, 0.05) is 26.2 Å². The summed E-state index contributed by atoms with van der Waals surface area (Å²) in [4.78, 5) is 12.9. The first-order chi connectivity index (χ1) is 10.1. The molecule has 2 rings (SSSR count). The van der Waals surface area contributed by atoms with Crippen molar-refractivity contribution in [2.45, 2.75) is 20.0 Å². The molecule has 1 aromatic carbocycles. The number of furan rings is 1. The summed E-state index contributed by atoms with van der Waals surface area (Å²) in [6, 6.07) is 13.2. The van der Waals surface area contributed by atoms with Crippen LogP contribution in [0.4, 0.5) is 5.69 Å². The lowest BCUT2D eigenvalue weighted by Crippen LogP contribution is -2.22. The first-order valence-electron chi connectivity index (χ1n) is 6.62. The quantitative estimate of drug-likeness (QED) is 0.916. The highest BCUT2D eigenvalue weighted by molar-refractivity contribution is 5.72. The van der Waals surface area contributed by atoms with Crippen LogP contribution in [-0.4, -0.2) is 17.9 Å². The molecule has 108 valence electrons. The van der Waals surface area contributed by atoms with Crippen molar-refractivity contribution in [2.75, 3.05) is 12.4 Å². The van der Waals surface area contributed by atoms with Gasteiger partial charge in [-0.1, -0.05) is 12.1 Å². The van der Waals surface area contributed by atoms with E-state index in [4.69, 9.17) is 9.68 Å². The summed E-state index contributed by atoms with van der Waals surface area (Å²) >= 11 is 0. The third kappa shape index (κ3) is 4.11. The molecular weight excluding hydrogens is 266 g/mol. The zero-order chi connectivity index (χ0) is 15.2. The molecule has 0 saturated carbocycles. The van der Waals surface area contributed by atoms with E-state index in [1.165, 1.54) is 0 Å². The molecule has 0 bridgehead atoms. The fourth-order valence-corrected chi connectivity index (χ4v) is 1.89. The average Bonchev–Trinajstić information content (AvgIpc) is 2.93. The summed E-state index contributed by atoms with van der Waals surface area (Å²) in [6.45, 7) is 2.63. The fraction of sp³-hybridized carbons (Fsp3) is 0.250. The fourth-order valence-electron chi connectivity index (χ4n) is 1.89. The number of amides is 1. The van der Waals surface area contributed by atoms with Gasteiger partial charge in [-0.15, -0.1) is 0 Å². The Balaban J connectivity index is 1.97. The van der Waals surface area contributed by atoms with Crippen molar-refractivity contribution in [3.05, 3.63) is 53.5 Å². The number of carbonyl (C=O) groups excluding carboxylic acids is 1.